The Balaban J connectivity index is 1.69. The Morgan fingerprint density at radius 3 is 2.26 bits per heavy atom. The van der Waals surface area contributed by atoms with E-state index in [1.807, 2.05) is 12.1 Å². The highest BCUT2D eigenvalue weighted by Gasteiger charge is 2.20. The fourth-order valence-electron chi connectivity index (χ4n) is 3.53. The van der Waals surface area contributed by atoms with Crippen molar-refractivity contribution in [3.63, 3.8) is 0 Å². The Kier molecular flexibility index (Phi) is 6.97. The van der Waals surface area contributed by atoms with Gasteiger partial charge in [-0.15, -0.1) is 0 Å². The van der Waals surface area contributed by atoms with Crippen LogP contribution in [0.25, 0.3) is 10.8 Å². The molecule has 35 heavy (non-hydrogen) atoms. The number of methoxy groups -OCH3 is 2. The number of nitrogens with one attached hydrogen (secondary N) is 1. The van der Waals surface area contributed by atoms with Gasteiger partial charge in [0.25, 0.3) is 10.0 Å². The first-order valence-electron chi connectivity index (χ1n) is 10.4. The van der Waals surface area contributed by atoms with Crippen molar-refractivity contribution in [2.24, 2.45) is 0 Å². The molecule has 8 heteroatoms. The summed E-state index contributed by atoms with van der Waals surface area (Å²) < 4.78 is 39.4. The number of ether oxygens (including phenoxy) is 2. The first kappa shape index (κ1) is 24.1. The molecule has 0 heterocycles. The molecule has 0 spiro atoms. The minimum atomic E-state index is -3.95. The van der Waals surface area contributed by atoms with Crippen molar-refractivity contribution in [3.05, 3.63) is 101 Å². The SMILES string of the molecule is COC(=O)c1ccc(C#Cc2ccccc2NS(=O)(=O)c2ccc(OC)c3ccccc23)c(Cl)c1. The molecular weight excluding hydrogens is 486 g/mol. The summed E-state index contributed by atoms with van der Waals surface area (Å²) in [5, 5.41) is 1.51. The maximum atomic E-state index is 13.4. The molecule has 0 aliphatic heterocycles. The quantitative estimate of drug-likeness (QED) is 0.286. The number of para-hydroxylation sites is 1. The van der Waals surface area contributed by atoms with Crippen molar-refractivity contribution in [1.82, 2.24) is 0 Å². The number of halogens is 1. The fraction of sp³-hybridized carbons (Fsp3) is 0.0741. The third kappa shape index (κ3) is 5.09. The molecule has 0 aromatic heterocycles. The molecule has 0 saturated heterocycles. The smallest absolute Gasteiger partial charge is 0.337 e. The lowest BCUT2D eigenvalue weighted by Gasteiger charge is -2.13. The molecule has 0 unspecified atom stereocenters. The maximum absolute atomic E-state index is 13.4. The van der Waals surface area contributed by atoms with E-state index in [9.17, 15) is 13.2 Å². The summed E-state index contributed by atoms with van der Waals surface area (Å²) in [5.41, 5.74) is 1.57. The minimum absolute atomic E-state index is 0.123. The van der Waals surface area contributed by atoms with Gasteiger partial charge in [-0.3, -0.25) is 4.72 Å². The number of carbonyl (C=O) groups is 1. The van der Waals surface area contributed by atoms with Gasteiger partial charge in [0, 0.05) is 21.9 Å². The van der Waals surface area contributed by atoms with Gasteiger partial charge < -0.3 is 9.47 Å². The standard InChI is InChI=1S/C27H20ClNO5S/c1-33-25-15-16-26(22-9-5-4-8-21(22)25)35(31,32)29-24-10-6-3-7-19(24)13-11-18-12-14-20(17-23(18)28)27(30)34-2/h3-10,12,14-17,29H,1-2H3. The van der Waals surface area contributed by atoms with Crippen molar-refractivity contribution < 1.29 is 22.7 Å². The van der Waals surface area contributed by atoms with Gasteiger partial charge in [-0.1, -0.05) is 59.8 Å². The zero-order valence-electron chi connectivity index (χ0n) is 18.8. The summed E-state index contributed by atoms with van der Waals surface area (Å²) in [6, 6.07) is 21.7. The van der Waals surface area contributed by atoms with Crippen molar-refractivity contribution in [1.29, 1.82) is 0 Å². The van der Waals surface area contributed by atoms with Crippen LogP contribution in [-0.2, 0) is 14.8 Å². The first-order valence-corrected chi connectivity index (χ1v) is 12.3. The second-order valence-electron chi connectivity index (χ2n) is 7.40. The van der Waals surface area contributed by atoms with Crippen LogP contribution in [0.15, 0.2) is 83.8 Å². The highest BCUT2D eigenvalue weighted by molar-refractivity contribution is 7.93. The molecule has 4 aromatic rings. The number of anilines is 1. The molecule has 6 nitrogen and oxygen atoms in total. The second-order valence-corrected chi connectivity index (χ2v) is 9.46. The Morgan fingerprint density at radius 1 is 0.857 bits per heavy atom. The van der Waals surface area contributed by atoms with Gasteiger partial charge in [0.15, 0.2) is 0 Å². The lowest BCUT2D eigenvalue weighted by Crippen LogP contribution is -2.14. The summed E-state index contributed by atoms with van der Waals surface area (Å²) in [7, 11) is -1.12. The third-order valence-electron chi connectivity index (χ3n) is 5.25. The number of esters is 1. The van der Waals surface area contributed by atoms with Crippen LogP contribution in [0, 0.1) is 11.8 Å². The molecule has 0 aliphatic rings. The Hall–Kier alpha value is -3.99. The molecule has 4 aromatic carbocycles. The lowest BCUT2D eigenvalue weighted by molar-refractivity contribution is 0.0600. The van der Waals surface area contributed by atoms with Gasteiger partial charge in [0.2, 0.25) is 0 Å². The summed E-state index contributed by atoms with van der Waals surface area (Å²) in [6.45, 7) is 0. The number of hydrogen-bond acceptors (Lipinski definition) is 5. The topological polar surface area (TPSA) is 81.7 Å². The number of benzene rings is 4. The Bertz CT molecular complexity index is 1600. The molecule has 0 radical (unpaired) electrons. The number of sulfonamides is 1. The fourth-order valence-corrected chi connectivity index (χ4v) is 5.05. The average Bonchev–Trinajstić information content (AvgIpc) is 2.87. The van der Waals surface area contributed by atoms with Gasteiger partial charge in [0.05, 0.1) is 35.4 Å². The minimum Gasteiger partial charge on any atom is -0.496 e. The van der Waals surface area contributed by atoms with Gasteiger partial charge in [-0.25, -0.2) is 13.2 Å². The highest BCUT2D eigenvalue weighted by Crippen LogP contribution is 2.32. The second kappa shape index (κ2) is 10.1. The molecule has 0 fully saturated rings. The van der Waals surface area contributed by atoms with Crippen LogP contribution in [0.3, 0.4) is 0 Å². The van der Waals surface area contributed by atoms with E-state index in [-0.39, 0.29) is 9.92 Å². The van der Waals surface area contributed by atoms with E-state index in [4.69, 9.17) is 21.1 Å². The maximum Gasteiger partial charge on any atom is 0.337 e. The number of hydrogen-bond donors (Lipinski definition) is 1. The predicted octanol–water partition coefficient (Wildman–Crippen LogP) is 5.49. The molecule has 4 rings (SSSR count). The molecule has 0 bridgehead atoms. The van der Waals surface area contributed by atoms with Gasteiger partial charge in [0.1, 0.15) is 5.75 Å². The summed E-state index contributed by atoms with van der Waals surface area (Å²) in [5.74, 6) is 5.99. The van der Waals surface area contributed by atoms with Crippen molar-refractivity contribution >= 4 is 44.1 Å². The summed E-state index contributed by atoms with van der Waals surface area (Å²) in [6.07, 6.45) is 0. The molecule has 1 N–H and O–H groups in total. The van der Waals surface area contributed by atoms with E-state index in [1.165, 1.54) is 19.2 Å². The van der Waals surface area contributed by atoms with Gasteiger partial charge >= 0.3 is 5.97 Å². The third-order valence-corrected chi connectivity index (χ3v) is 6.98. The van der Waals surface area contributed by atoms with E-state index in [2.05, 4.69) is 16.6 Å². The van der Waals surface area contributed by atoms with Crippen molar-refractivity contribution in [2.75, 3.05) is 18.9 Å². The van der Waals surface area contributed by atoms with Crippen LogP contribution in [0.2, 0.25) is 5.02 Å². The lowest BCUT2D eigenvalue weighted by atomic mass is 10.1. The van der Waals surface area contributed by atoms with Crippen LogP contribution >= 0.6 is 11.6 Å². The van der Waals surface area contributed by atoms with Crippen LogP contribution in [0.4, 0.5) is 5.69 Å². The molecule has 0 atom stereocenters. The normalized spacial score (nSPS) is 10.8. The summed E-state index contributed by atoms with van der Waals surface area (Å²) in [4.78, 5) is 11.8. The Labute approximate surface area is 208 Å². The predicted molar refractivity (Wildman–Crippen MR) is 137 cm³/mol. The highest BCUT2D eigenvalue weighted by atomic mass is 35.5. The van der Waals surface area contributed by atoms with Crippen molar-refractivity contribution in [3.8, 4) is 17.6 Å². The zero-order valence-corrected chi connectivity index (χ0v) is 20.4. The zero-order chi connectivity index (χ0) is 25.0. The number of carbonyl (C=O) groups excluding carboxylic acids is 1. The van der Waals surface area contributed by atoms with E-state index in [1.54, 1.807) is 61.7 Å². The van der Waals surface area contributed by atoms with E-state index in [0.717, 1.165) is 0 Å². The van der Waals surface area contributed by atoms with E-state index < -0.39 is 16.0 Å². The molecule has 0 amide bonds. The van der Waals surface area contributed by atoms with Crippen LogP contribution in [-0.4, -0.2) is 28.6 Å². The molecular formula is C27H20ClNO5S. The monoisotopic (exact) mass is 505 g/mol. The van der Waals surface area contributed by atoms with Crippen LogP contribution in [0.1, 0.15) is 21.5 Å². The number of fused-ring (bicyclic) bond motifs is 1. The van der Waals surface area contributed by atoms with Crippen molar-refractivity contribution in [2.45, 2.75) is 4.90 Å². The first-order chi connectivity index (χ1) is 16.8. The van der Waals surface area contributed by atoms with Gasteiger partial charge in [-0.2, -0.15) is 0 Å². The van der Waals surface area contributed by atoms with Crippen LogP contribution < -0.4 is 9.46 Å². The van der Waals surface area contributed by atoms with Crippen LogP contribution in [0.5, 0.6) is 5.75 Å². The Morgan fingerprint density at radius 2 is 1.54 bits per heavy atom. The average molecular weight is 506 g/mol. The summed E-state index contributed by atoms with van der Waals surface area (Å²) >= 11 is 6.27. The molecule has 0 aliphatic carbocycles. The van der Waals surface area contributed by atoms with E-state index >= 15 is 0 Å². The molecule has 0 saturated carbocycles. The van der Waals surface area contributed by atoms with E-state index in [0.29, 0.717) is 38.9 Å². The van der Waals surface area contributed by atoms with Gasteiger partial charge in [-0.05, 0) is 42.5 Å². The largest absolute Gasteiger partial charge is 0.496 e. The molecule has 176 valence electrons. The number of rotatable bonds is 5.